The maximum Gasteiger partial charge on any atom is 0.422 e. The second kappa shape index (κ2) is 7.45. The Kier molecular flexibility index (Phi) is 5.59. The fourth-order valence-electron chi connectivity index (χ4n) is 1.73. The first-order valence-electron chi connectivity index (χ1n) is 6.65. The van der Waals surface area contributed by atoms with Crippen molar-refractivity contribution < 1.29 is 22.1 Å². The summed E-state index contributed by atoms with van der Waals surface area (Å²) in [6, 6.07) is 10.3. The Morgan fingerprint density at radius 3 is 2.39 bits per heavy atom. The Morgan fingerprint density at radius 2 is 1.87 bits per heavy atom. The molecule has 1 aromatic heterocycles. The van der Waals surface area contributed by atoms with Crippen LogP contribution in [0.25, 0.3) is 0 Å². The minimum absolute atomic E-state index is 0.0809. The minimum Gasteiger partial charge on any atom is -0.468 e. The van der Waals surface area contributed by atoms with Crippen molar-refractivity contribution in [3.05, 3.63) is 48.2 Å². The Hall–Kier alpha value is -2.09. The molecule has 2 rings (SSSR count). The lowest BCUT2D eigenvalue weighted by Gasteiger charge is -2.10. The number of alkyl halides is 3. The van der Waals surface area contributed by atoms with E-state index in [2.05, 4.69) is 15.0 Å². The number of hydrogen-bond donors (Lipinski definition) is 1. The van der Waals surface area contributed by atoms with Gasteiger partial charge in [0.1, 0.15) is 0 Å². The van der Waals surface area contributed by atoms with Gasteiger partial charge in [-0.05, 0) is 23.8 Å². The largest absolute Gasteiger partial charge is 0.468 e. The lowest BCUT2D eigenvalue weighted by atomic mass is 10.2. The number of nitrogens with one attached hydrogen (secondary N) is 1. The van der Waals surface area contributed by atoms with E-state index in [0.29, 0.717) is 12.2 Å². The number of pyridine rings is 1. The zero-order chi connectivity index (χ0) is 16.9. The molecule has 124 valence electrons. The average Bonchev–Trinajstić information content (AvgIpc) is 2.51. The molecule has 0 spiro atoms. The van der Waals surface area contributed by atoms with Crippen LogP contribution in [0.2, 0.25) is 0 Å². The summed E-state index contributed by atoms with van der Waals surface area (Å²) in [7, 11) is -1.01. The van der Waals surface area contributed by atoms with Crippen LogP contribution in [-0.2, 0) is 17.3 Å². The number of benzene rings is 1. The lowest BCUT2D eigenvalue weighted by molar-refractivity contribution is -0.154. The molecule has 4 nitrogen and oxygen atoms in total. The van der Waals surface area contributed by atoms with Crippen LogP contribution in [0.3, 0.4) is 0 Å². The van der Waals surface area contributed by atoms with Crippen LogP contribution >= 0.6 is 0 Å². The normalized spacial score (nSPS) is 12.7. The molecule has 0 saturated heterocycles. The predicted octanol–water partition coefficient (Wildman–Crippen LogP) is 3.37. The Morgan fingerprint density at radius 1 is 1.17 bits per heavy atom. The van der Waals surface area contributed by atoms with Gasteiger partial charge >= 0.3 is 6.18 Å². The van der Waals surface area contributed by atoms with Gasteiger partial charge in [-0.2, -0.15) is 13.2 Å². The van der Waals surface area contributed by atoms with Gasteiger partial charge in [0.15, 0.2) is 6.61 Å². The first-order chi connectivity index (χ1) is 10.8. The maximum atomic E-state index is 12.0. The molecule has 0 radical (unpaired) electrons. The van der Waals surface area contributed by atoms with Gasteiger partial charge in [-0.15, -0.1) is 0 Å². The van der Waals surface area contributed by atoms with E-state index in [1.54, 1.807) is 24.5 Å². The molecule has 0 bridgehead atoms. The van der Waals surface area contributed by atoms with Gasteiger partial charge in [0.25, 0.3) is 0 Å². The van der Waals surface area contributed by atoms with E-state index in [1.807, 2.05) is 12.1 Å². The highest BCUT2D eigenvalue weighted by Crippen LogP contribution is 2.18. The molecule has 0 aliphatic rings. The van der Waals surface area contributed by atoms with Crippen LogP contribution in [0.15, 0.2) is 47.5 Å². The average molecular weight is 344 g/mol. The van der Waals surface area contributed by atoms with Crippen molar-refractivity contribution in [2.45, 2.75) is 17.6 Å². The van der Waals surface area contributed by atoms with Gasteiger partial charge in [-0.25, -0.2) is 4.98 Å². The smallest absolute Gasteiger partial charge is 0.422 e. The molecular formula is C15H15F3N2O2S. The summed E-state index contributed by atoms with van der Waals surface area (Å²) in [6.45, 7) is -0.848. The van der Waals surface area contributed by atoms with Crippen molar-refractivity contribution >= 4 is 16.5 Å². The van der Waals surface area contributed by atoms with Crippen LogP contribution in [-0.4, -0.2) is 28.2 Å². The second-order valence-electron chi connectivity index (χ2n) is 4.74. The van der Waals surface area contributed by atoms with Gasteiger partial charge in [0, 0.05) is 34.6 Å². The maximum absolute atomic E-state index is 12.0. The van der Waals surface area contributed by atoms with Gasteiger partial charge in [0.2, 0.25) is 5.88 Å². The quantitative estimate of drug-likeness (QED) is 0.873. The second-order valence-corrected chi connectivity index (χ2v) is 6.12. The summed E-state index contributed by atoms with van der Waals surface area (Å²) in [5, 5.41) is 3.09. The van der Waals surface area contributed by atoms with Gasteiger partial charge in [0.05, 0.1) is 11.9 Å². The van der Waals surface area contributed by atoms with Crippen molar-refractivity contribution in [3.63, 3.8) is 0 Å². The third-order valence-corrected chi connectivity index (χ3v) is 3.81. The van der Waals surface area contributed by atoms with E-state index in [9.17, 15) is 17.4 Å². The van der Waals surface area contributed by atoms with Crippen molar-refractivity contribution in [1.82, 2.24) is 4.98 Å². The summed E-state index contributed by atoms with van der Waals surface area (Å²) >= 11 is 0. The highest BCUT2D eigenvalue weighted by atomic mass is 32.2. The number of rotatable bonds is 6. The molecule has 1 aromatic carbocycles. The minimum atomic E-state index is -4.38. The summed E-state index contributed by atoms with van der Waals surface area (Å²) in [5.41, 5.74) is 1.64. The van der Waals surface area contributed by atoms with Crippen molar-refractivity contribution in [3.8, 4) is 5.88 Å². The topological polar surface area (TPSA) is 51.2 Å². The van der Waals surface area contributed by atoms with Gasteiger partial charge < -0.3 is 10.1 Å². The number of hydrogen-bond acceptors (Lipinski definition) is 4. The van der Waals surface area contributed by atoms with E-state index in [-0.39, 0.29) is 5.88 Å². The van der Waals surface area contributed by atoms with E-state index in [4.69, 9.17) is 0 Å². The molecule has 0 unspecified atom stereocenters. The number of halogens is 3. The summed E-state index contributed by atoms with van der Waals surface area (Å²) in [6.07, 6.45) is -1.37. The third kappa shape index (κ3) is 5.90. The van der Waals surface area contributed by atoms with E-state index in [0.717, 1.165) is 10.5 Å². The Balaban J connectivity index is 1.87. The molecule has 0 aliphatic heterocycles. The molecular weight excluding hydrogens is 329 g/mol. The molecule has 2 aromatic rings. The fourth-order valence-corrected chi connectivity index (χ4v) is 2.25. The van der Waals surface area contributed by atoms with Crippen LogP contribution in [0.5, 0.6) is 5.88 Å². The van der Waals surface area contributed by atoms with Crippen LogP contribution in [0, 0.1) is 0 Å². The molecule has 1 N–H and O–H groups in total. The van der Waals surface area contributed by atoms with E-state index >= 15 is 0 Å². The zero-order valence-electron chi connectivity index (χ0n) is 12.3. The molecule has 0 fully saturated rings. The predicted molar refractivity (Wildman–Crippen MR) is 81.9 cm³/mol. The van der Waals surface area contributed by atoms with Gasteiger partial charge in [-0.1, -0.05) is 12.1 Å². The zero-order valence-corrected chi connectivity index (χ0v) is 13.1. The van der Waals surface area contributed by atoms with E-state index < -0.39 is 23.6 Å². The first-order valence-corrected chi connectivity index (χ1v) is 8.21. The first kappa shape index (κ1) is 17.3. The monoisotopic (exact) mass is 344 g/mol. The number of ether oxygens (including phenoxy) is 1. The van der Waals surface area contributed by atoms with Gasteiger partial charge in [-0.3, -0.25) is 4.21 Å². The fraction of sp³-hybridized carbons (Fsp3) is 0.267. The molecule has 0 aliphatic carbocycles. The number of aromatic nitrogens is 1. The lowest BCUT2D eigenvalue weighted by Crippen LogP contribution is -2.19. The summed E-state index contributed by atoms with van der Waals surface area (Å²) < 4.78 is 51.9. The van der Waals surface area contributed by atoms with Crippen molar-refractivity contribution in [2.24, 2.45) is 0 Å². The van der Waals surface area contributed by atoms with Crippen LogP contribution in [0.1, 0.15) is 5.56 Å². The Labute approximate surface area is 134 Å². The number of anilines is 1. The highest BCUT2D eigenvalue weighted by molar-refractivity contribution is 7.84. The molecule has 1 heterocycles. The van der Waals surface area contributed by atoms with Crippen LogP contribution < -0.4 is 10.1 Å². The third-order valence-electron chi connectivity index (χ3n) is 2.87. The number of nitrogens with zero attached hydrogens (tertiary/aromatic N) is 1. The SMILES string of the molecule is C[S@@](=O)c1ccc(CNc2ccc(OCC(F)(F)F)nc2)cc1. The van der Waals surface area contributed by atoms with E-state index in [1.165, 1.54) is 12.3 Å². The van der Waals surface area contributed by atoms with Crippen LogP contribution in [0.4, 0.5) is 18.9 Å². The van der Waals surface area contributed by atoms with Crippen molar-refractivity contribution in [2.75, 3.05) is 18.2 Å². The molecule has 1 atom stereocenters. The molecule has 23 heavy (non-hydrogen) atoms. The standard InChI is InChI=1S/C15H15F3N2O2S/c1-23(21)13-5-2-11(3-6-13)8-19-12-4-7-14(20-9-12)22-10-15(16,17)18/h2-7,9,19H,8,10H2,1H3/t23-/m1/s1. The van der Waals surface area contributed by atoms with Crippen molar-refractivity contribution in [1.29, 1.82) is 0 Å². The summed E-state index contributed by atoms with van der Waals surface area (Å²) in [4.78, 5) is 4.56. The molecule has 0 saturated carbocycles. The molecule has 8 heteroatoms. The highest BCUT2D eigenvalue weighted by Gasteiger charge is 2.28. The summed E-state index contributed by atoms with van der Waals surface area (Å²) in [5.74, 6) is -0.0809. The molecule has 0 amide bonds. The Bertz CT molecular complexity index is 658.